The Bertz CT molecular complexity index is 652. The molecule has 2 aromatic rings. The van der Waals surface area contributed by atoms with E-state index in [4.69, 9.17) is 4.74 Å². The summed E-state index contributed by atoms with van der Waals surface area (Å²) in [5.41, 5.74) is 0.624. The third-order valence-electron chi connectivity index (χ3n) is 3.04. The number of ether oxygens (including phenoxy) is 1. The lowest BCUT2D eigenvalue weighted by Gasteiger charge is -2.07. The predicted molar refractivity (Wildman–Crippen MR) is 85.9 cm³/mol. The first-order chi connectivity index (χ1) is 10.7. The Labute approximate surface area is 132 Å². The fourth-order valence-corrected chi connectivity index (χ4v) is 2.63. The number of hydrogen-bond donors (Lipinski definition) is 1. The standard InChI is InChI=1S/C15H19N3O3S/c1-21-10-8-16-14(19)5-2-9-18-15(20)7-6-12(17-18)13-4-3-11-22-13/h3-4,6-7,11H,2,5,8-10H2,1H3,(H,16,19). The number of amides is 1. The van der Waals surface area contributed by atoms with Crippen molar-refractivity contribution < 1.29 is 9.53 Å². The second kappa shape index (κ2) is 8.45. The van der Waals surface area contributed by atoms with E-state index < -0.39 is 0 Å². The Kier molecular flexibility index (Phi) is 6.29. The summed E-state index contributed by atoms with van der Waals surface area (Å²) >= 11 is 1.58. The van der Waals surface area contributed by atoms with E-state index in [1.54, 1.807) is 24.5 Å². The van der Waals surface area contributed by atoms with Gasteiger partial charge in [-0.3, -0.25) is 9.59 Å². The zero-order valence-corrected chi connectivity index (χ0v) is 13.3. The maximum atomic E-state index is 11.8. The molecule has 0 bridgehead atoms. The maximum absolute atomic E-state index is 11.8. The third kappa shape index (κ3) is 4.78. The normalized spacial score (nSPS) is 10.6. The predicted octanol–water partition coefficient (Wildman–Crippen LogP) is 1.51. The van der Waals surface area contributed by atoms with Gasteiger partial charge in [0, 0.05) is 32.7 Å². The van der Waals surface area contributed by atoms with Gasteiger partial charge in [0.15, 0.2) is 0 Å². The van der Waals surface area contributed by atoms with Crippen molar-refractivity contribution in [3.63, 3.8) is 0 Å². The molecule has 0 fully saturated rings. The first kappa shape index (κ1) is 16.4. The summed E-state index contributed by atoms with van der Waals surface area (Å²) in [6.07, 6.45) is 0.931. The van der Waals surface area contributed by atoms with Gasteiger partial charge >= 0.3 is 0 Å². The van der Waals surface area contributed by atoms with E-state index in [1.807, 2.05) is 17.5 Å². The molecule has 7 heteroatoms. The summed E-state index contributed by atoms with van der Waals surface area (Å²) in [5.74, 6) is -0.0421. The molecule has 0 saturated carbocycles. The van der Waals surface area contributed by atoms with Crippen molar-refractivity contribution >= 4 is 17.2 Å². The summed E-state index contributed by atoms with van der Waals surface area (Å²) in [6.45, 7) is 1.42. The van der Waals surface area contributed by atoms with Gasteiger partial charge in [-0.15, -0.1) is 11.3 Å². The summed E-state index contributed by atoms with van der Waals surface area (Å²) in [7, 11) is 1.59. The zero-order valence-electron chi connectivity index (χ0n) is 12.4. The van der Waals surface area contributed by atoms with E-state index >= 15 is 0 Å². The number of aryl methyl sites for hydroxylation is 1. The molecule has 0 aliphatic heterocycles. The van der Waals surface area contributed by atoms with E-state index in [1.165, 1.54) is 10.7 Å². The van der Waals surface area contributed by atoms with Crippen molar-refractivity contribution in [2.24, 2.45) is 0 Å². The monoisotopic (exact) mass is 321 g/mol. The molecule has 0 spiro atoms. The van der Waals surface area contributed by atoms with Gasteiger partial charge in [-0.1, -0.05) is 6.07 Å². The van der Waals surface area contributed by atoms with Crippen LogP contribution in [0.4, 0.5) is 0 Å². The van der Waals surface area contributed by atoms with Crippen molar-refractivity contribution in [1.29, 1.82) is 0 Å². The van der Waals surface area contributed by atoms with Gasteiger partial charge in [0.1, 0.15) is 5.69 Å². The van der Waals surface area contributed by atoms with Crippen LogP contribution in [0.1, 0.15) is 12.8 Å². The number of nitrogens with one attached hydrogen (secondary N) is 1. The van der Waals surface area contributed by atoms with Gasteiger partial charge in [-0.25, -0.2) is 4.68 Å². The number of nitrogens with zero attached hydrogens (tertiary/aromatic N) is 2. The minimum absolute atomic E-state index is 0.0421. The molecular weight excluding hydrogens is 302 g/mol. The average Bonchev–Trinajstić information content (AvgIpc) is 3.04. The number of rotatable bonds is 8. The lowest BCUT2D eigenvalue weighted by molar-refractivity contribution is -0.121. The van der Waals surface area contributed by atoms with Crippen LogP contribution < -0.4 is 10.9 Å². The lowest BCUT2D eigenvalue weighted by atomic mass is 10.3. The Morgan fingerprint density at radius 1 is 1.41 bits per heavy atom. The molecule has 0 atom stereocenters. The van der Waals surface area contributed by atoms with Crippen LogP contribution in [0.2, 0.25) is 0 Å². The van der Waals surface area contributed by atoms with Crippen molar-refractivity contribution in [1.82, 2.24) is 15.1 Å². The van der Waals surface area contributed by atoms with E-state index in [9.17, 15) is 9.59 Å². The molecule has 22 heavy (non-hydrogen) atoms. The minimum Gasteiger partial charge on any atom is -0.383 e. The van der Waals surface area contributed by atoms with Crippen molar-refractivity contribution in [2.75, 3.05) is 20.3 Å². The molecule has 1 N–H and O–H groups in total. The summed E-state index contributed by atoms with van der Waals surface area (Å²) < 4.78 is 6.28. The van der Waals surface area contributed by atoms with Crippen LogP contribution in [-0.2, 0) is 16.1 Å². The molecule has 1 amide bonds. The molecule has 118 valence electrons. The highest BCUT2D eigenvalue weighted by molar-refractivity contribution is 7.13. The van der Waals surface area contributed by atoms with Gasteiger partial charge in [-0.05, 0) is 23.9 Å². The number of carbonyl (C=O) groups excluding carboxylic acids is 1. The van der Waals surface area contributed by atoms with Crippen LogP contribution in [0, 0.1) is 0 Å². The fourth-order valence-electron chi connectivity index (χ4n) is 1.94. The number of carbonyl (C=O) groups is 1. The molecule has 2 aromatic heterocycles. The zero-order chi connectivity index (χ0) is 15.8. The van der Waals surface area contributed by atoms with Crippen LogP contribution >= 0.6 is 11.3 Å². The van der Waals surface area contributed by atoms with Gasteiger partial charge in [-0.2, -0.15) is 5.10 Å². The largest absolute Gasteiger partial charge is 0.383 e. The van der Waals surface area contributed by atoms with Crippen LogP contribution in [0.3, 0.4) is 0 Å². The van der Waals surface area contributed by atoms with Gasteiger partial charge in [0.2, 0.25) is 5.91 Å². The smallest absolute Gasteiger partial charge is 0.266 e. The van der Waals surface area contributed by atoms with Crippen LogP contribution in [0.15, 0.2) is 34.4 Å². The lowest BCUT2D eigenvalue weighted by Crippen LogP contribution is -2.28. The first-order valence-electron chi connectivity index (χ1n) is 7.08. The van der Waals surface area contributed by atoms with E-state index in [0.29, 0.717) is 32.5 Å². The highest BCUT2D eigenvalue weighted by Gasteiger charge is 2.06. The minimum atomic E-state index is -0.153. The molecule has 0 radical (unpaired) electrons. The van der Waals surface area contributed by atoms with Gasteiger partial charge in [0.25, 0.3) is 5.56 Å². The Morgan fingerprint density at radius 2 is 2.27 bits per heavy atom. The molecule has 0 aliphatic rings. The summed E-state index contributed by atoms with van der Waals surface area (Å²) in [4.78, 5) is 24.4. The first-order valence-corrected chi connectivity index (χ1v) is 7.96. The quantitative estimate of drug-likeness (QED) is 0.748. The SMILES string of the molecule is COCCNC(=O)CCCn1nc(-c2cccs2)ccc1=O. The van der Waals surface area contributed by atoms with Crippen molar-refractivity contribution in [3.8, 4) is 10.6 Å². The number of methoxy groups -OCH3 is 1. The molecule has 0 unspecified atom stereocenters. The van der Waals surface area contributed by atoms with Gasteiger partial charge in [0.05, 0.1) is 11.5 Å². The van der Waals surface area contributed by atoms with Crippen LogP contribution in [-0.4, -0.2) is 35.9 Å². The highest BCUT2D eigenvalue weighted by Crippen LogP contribution is 2.21. The van der Waals surface area contributed by atoms with Gasteiger partial charge < -0.3 is 10.1 Å². The van der Waals surface area contributed by atoms with Crippen LogP contribution in [0.5, 0.6) is 0 Å². The number of hydrogen-bond acceptors (Lipinski definition) is 5. The Balaban J connectivity index is 1.89. The van der Waals surface area contributed by atoms with Crippen LogP contribution in [0.25, 0.3) is 10.6 Å². The van der Waals surface area contributed by atoms with E-state index in [2.05, 4.69) is 10.4 Å². The Hall–Kier alpha value is -1.99. The van der Waals surface area contributed by atoms with E-state index in [0.717, 1.165) is 10.6 Å². The summed E-state index contributed by atoms with van der Waals surface area (Å²) in [5, 5.41) is 9.07. The summed E-state index contributed by atoms with van der Waals surface area (Å²) in [6, 6.07) is 7.15. The molecule has 0 aliphatic carbocycles. The number of aromatic nitrogens is 2. The van der Waals surface area contributed by atoms with E-state index in [-0.39, 0.29) is 11.5 Å². The highest BCUT2D eigenvalue weighted by atomic mass is 32.1. The molecular formula is C15H19N3O3S. The molecule has 0 aromatic carbocycles. The second-order valence-electron chi connectivity index (χ2n) is 4.70. The van der Waals surface area contributed by atoms with Crippen molar-refractivity contribution in [2.45, 2.75) is 19.4 Å². The molecule has 0 saturated heterocycles. The molecule has 6 nitrogen and oxygen atoms in total. The maximum Gasteiger partial charge on any atom is 0.266 e. The molecule has 2 rings (SSSR count). The fraction of sp³-hybridized carbons (Fsp3) is 0.400. The Morgan fingerprint density at radius 3 is 3.00 bits per heavy atom. The third-order valence-corrected chi connectivity index (χ3v) is 3.93. The number of thiophene rings is 1. The average molecular weight is 321 g/mol. The topological polar surface area (TPSA) is 73.2 Å². The van der Waals surface area contributed by atoms with Crippen molar-refractivity contribution in [3.05, 3.63) is 40.0 Å². The second-order valence-corrected chi connectivity index (χ2v) is 5.65. The molecule has 2 heterocycles.